The third-order valence-electron chi connectivity index (χ3n) is 2.81. The van der Waals surface area contributed by atoms with Crippen LogP contribution < -0.4 is 5.32 Å². The van der Waals surface area contributed by atoms with E-state index < -0.39 is 0 Å². The van der Waals surface area contributed by atoms with Crippen LogP contribution in [-0.2, 0) is 0 Å². The van der Waals surface area contributed by atoms with Gasteiger partial charge in [0.25, 0.3) is 0 Å². The minimum atomic E-state index is 0.666. The molecule has 2 unspecified atom stereocenters. The molecule has 0 saturated carbocycles. The van der Waals surface area contributed by atoms with Crippen molar-refractivity contribution >= 4 is 0 Å². The number of hydrogen-bond donors (Lipinski definition) is 1. The van der Waals surface area contributed by atoms with Crippen LogP contribution in [-0.4, -0.2) is 12.1 Å². The molecule has 0 saturated heterocycles. The molecule has 0 spiro atoms. The normalized spacial score (nSPS) is 16.0. The fraction of sp³-hybridized carbons (Fsp3) is 1.00. The lowest BCUT2D eigenvalue weighted by Crippen LogP contribution is -2.35. The van der Waals surface area contributed by atoms with Gasteiger partial charge in [0, 0.05) is 12.1 Å². The Balaban J connectivity index is 3.50. The summed E-state index contributed by atoms with van der Waals surface area (Å²) in [5.74, 6) is 1.65. The SMILES string of the molecule is CC(C)CCCC(C)NC(C)CC(C)C. The molecular weight excluding hydrogens is 182 g/mol. The van der Waals surface area contributed by atoms with E-state index in [0.29, 0.717) is 12.1 Å². The smallest absolute Gasteiger partial charge is 0.00436 e. The Morgan fingerprint density at radius 1 is 0.733 bits per heavy atom. The first-order chi connectivity index (χ1) is 6.91. The number of hydrogen-bond acceptors (Lipinski definition) is 1. The molecule has 1 N–H and O–H groups in total. The summed E-state index contributed by atoms with van der Waals surface area (Å²) in [7, 11) is 0. The maximum atomic E-state index is 3.68. The highest BCUT2D eigenvalue weighted by Crippen LogP contribution is 2.10. The van der Waals surface area contributed by atoms with Crippen LogP contribution in [0.1, 0.15) is 67.2 Å². The van der Waals surface area contributed by atoms with E-state index in [9.17, 15) is 0 Å². The van der Waals surface area contributed by atoms with Crippen LogP contribution in [0.2, 0.25) is 0 Å². The summed E-state index contributed by atoms with van der Waals surface area (Å²) in [6, 6.07) is 1.34. The molecule has 0 aromatic carbocycles. The Kier molecular flexibility index (Phi) is 8.13. The Labute approximate surface area is 97.0 Å². The van der Waals surface area contributed by atoms with Crippen molar-refractivity contribution in [3.05, 3.63) is 0 Å². The van der Waals surface area contributed by atoms with Gasteiger partial charge in [-0.2, -0.15) is 0 Å². The van der Waals surface area contributed by atoms with Gasteiger partial charge in [0.1, 0.15) is 0 Å². The minimum Gasteiger partial charge on any atom is -0.312 e. The summed E-state index contributed by atoms with van der Waals surface area (Å²) in [6.45, 7) is 13.8. The van der Waals surface area contributed by atoms with Gasteiger partial charge in [-0.1, -0.05) is 40.5 Å². The summed E-state index contributed by atoms with van der Waals surface area (Å²) in [5.41, 5.74) is 0. The molecule has 0 rings (SSSR count). The molecule has 0 aliphatic rings. The quantitative estimate of drug-likeness (QED) is 0.636. The van der Waals surface area contributed by atoms with Gasteiger partial charge in [-0.25, -0.2) is 0 Å². The lowest BCUT2D eigenvalue weighted by molar-refractivity contribution is 0.377. The van der Waals surface area contributed by atoms with Gasteiger partial charge in [-0.05, 0) is 38.5 Å². The molecule has 2 atom stereocenters. The molecule has 0 aliphatic carbocycles. The van der Waals surface area contributed by atoms with Gasteiger partial charge in [0.15, 0.2) is 0 Å². The maximum absolute atomic E-state index is 3.68. The minimum absolute atomic E-state index is 0.666. The van der Waals surface area contributed by atoms with E-state index in [1.54, 1.807) is 0 Å². The van der Waals surface area contributed by atoms with E-state index in [-0.39, 0.29) is 0 Å². The van der Waals surface area contributed by atoms with Crippen molar-refractivity contribution in [3.8, 4) is 0 Å². The second kappa shape index (κ2) is 8.15. The monoisotopic (exact) mass is 213 g/mol. The largest absolute Gasteiger partial charge is 0.312 e. The topological polar surface area (TPSA) is 12.0 Å². The van der Waals surface area contributed by atoms with Gasteiger partial charge >= 0.3 is 0 Å². The zero-order chi connectivity index (χ0) is 11.8. The summed E-state index contributed by atoms with van der Waals surface area (Å²) in [4.78, 5) is 0. The van der Waals surface area contributed by atoms with Crippen molar-refractivity contribution in [1.29, 1.82) is 0 Å². The van der Waals surface area contributed by atoms with Crippen LogP contribution in [0.5, 0.6) is 0 Å². The van der Waals surface area contributed by atoms with E-state index in [2.05, 4.69) is 46.9 Å². The summed E-state index contributed by atoms with van der Waals surface area (Å²) >= 11 is 0. The molecule has 0 aromatic heterocycles. The molecule has 92 valence electrons. The van der Waals surface area contributed by atoms with Gasteiger partial charge in [-0.3, -0.25) is 0 Å². The average molecular weight is 213 g/mol. The zero-order valence-corrected chi connectivity index (χ0v) is 11.6. The Hall–Kier alpha value is -0.0400. The molecule has 1 heteroatoms. The number of nitrogens with one attached hydrogen (secondary N) is 1. The first kappa shape index (κ1) is 15.0. The third kappa shape index (κ3) is 10.2. The fourth-order valence-electron chi connectivity index (χ4n) is 2.18. The molecule has 0 heterocycles. The molecule has 0 radical (unpaired) electrons. The average Bonchev–Trinajstić information content (AvgIpc) is 2.00. The molecule has 0 aromatic rings. The summed E-state index contributed by atoms with van der Waals surface area (Å²) in [6.07, 6.45) is 5.33. The van der Waals surface area contributed by atoms with Crippen LogP contribution in [0.15, 0.2) is 0 Å². The fourth-order valence-corrected chi connectivity index (χ4v) is 2.18. The van der Waals surface area contributed by atoms with E-state index in [0.717, 1.165) is 11.8 Å². The molecule has 0 aliphatic heterocycles. The first-order valence-corrected chi connectivity index (χ1v) is 6.67. The summed E-state index contributed by atoms with van der Waals surface area (Å²) < 4.78 is 0. The van der Waals surface area contributed by atoms with Gasteiger partial charge in [-0.15, -0.1) is 0 Å². The van der Waals surface area contributed by atoms with Crippen molar-refractivity contribution in [2.45, 2.75) is 79.3 Å². The highest BCUT2D eigenvalue weighted by atomic mass is 14.9. The maximum Gasteiger partial charge on any atom is 0.00436 e. The Morgan fingerprint density at radius 2 is 1.33 bits per heavy atom. The van der Waals surface area contributed by atoms with Crippen molar-refractivity contribution in [3.63, 3.8) is 0 Å². The van der Waals surface area contributed by atoms with E-state index in [4.69, 9.17) is 0 Å². The molecule has 0 amide bonds. The van der Waals surface area contributed by atoms with E-state index in [1.807, 2.05) is 0 Å². The van der Waals surface area contributed by atoms with Gasteiger partial charge in [0.2, 0.25) is 0 Å². The molecule has 1 nitrogen and oxygen atoms in total. The molecule has 15 heavy (non-hydrogen) atoms. The summed E-state index contributed by atoms with van der Waals surface area (Å²) in [5, 5.41) is 3.68. The van der Waals surface area contributed by atoms with Crippen LogP contribution in [0.25, 0.3) is 0 Å². The first-order valence-electron chi connectivity index (χ1n) is 6.67. The van der Waals surface area contributed by atoms with Crippen molar-refractivity contribution in [2.24, 2.45) is 11.8 Å². The standard InChI is InChI=1S/C14H31N/c1-11(2)8-7-9-13(5)15-14(6)10-12(3)4/h11-15H,7-10H2,1-6H3. The van der Waals surface area contributed by atoms with Crippen LogP contribution >= 0.6 is 0 Å². The van der Waals surface area contributed by atoms with Crippen molar-refractivity contribution < 1.29 is 0 Å². The molecule has 0 fully saturated rings. The second-order valence-corrected chi connectivity index (χ2v) is 5.92. The Bertz CT molecular complexity index is 140. The highest BCUT2D eigenvalue weighted by Gasteiger charge is 2.08. The molecule has 0 bridgehead atoms. The predicted octanol–water partition coefficient (Wildman–Crippen LogP) is 4.23. The van der Waals surface area contributed by atoms with Crippen molar-refractivity contribution in [1.82, 2.24) is 5.32 Å². The van der Waals surface area contributed by atoms with Crippen LogP contribution in [0.4, 0.5) is 0 Å². The lowest BCUT2D eigenvalue weighted by atomic mass is 10.0. The van der Waals surface area contributed by atoms with Gasteiger partial charge < -0.3 is 5.32 Å². The van der Waals surface area contributed by atoms with E-state index in [1.165, 1.54) is 25.7 Å². The highest BCUT2D eigenvalue weighted by molar-refractivity contribution is 4.69. The Morgan fingerprint density at radius 3 is 1.80 bits per heavy atom. The molecular formula is C14H31N. The second-order valence-electron chi connectivity index (χ2n) is 5.92. The van der Waals surface area contributed by atoms with Crippen LogP contribution in [0.3, 0.4) is 0 Å². The van der Waals surface area contributed by atoms with E-state index >= 15 is 0 Å². The number of rotatable bonds is 8. The van der Waals surface area contributed by atoms with Crippen LogP contribution in [0, 0.1) is 11.8 Å². The van der Waals surface area contributed by atoms with Crippen molar-refractivity contribution in [2.75, 3.05) is 0 Å². The van der Waals surface area contributed by atoms with Gasteiger partial charge in [0.05, 0.1) is 0 Å². The lowest BCUT2D eigenvalue weighted by Gasteiger charge is -2.21. The zero-order valence-electron chi connectivity index (χ0n) is 11.6. The third-order valence-corrected chi connectivity index (χ3v) is 2.81. The predicted molar refractivity (Wildman–Crippen MR) is 70.2 cm³/mol.